The Labute approximate surface area is 82.3 Å². The lowest BCUT2D eigenvalue weighted by Crippen LogP contribution is -2.25. The van der Waals surface area contributed by atoms with Crippen LogP contribution in [0, 0.1) is 6.92 Å². The van der Waals surface area contributed by atoms with Crippen LogP contribution < -0.4 is 10.9 Å². The highest BCUT2D eigenvalue weighted by atomic mass is 16.1. The first-order valence-corrected chi connectivity index (χ1v) is 4.41. The molecule has 0 unspecified atom stereocenters. The van der Waals surface area contributed by atoms with E-state index in [0.29, 0.717) is 12.1 Å². The SMILES string of the molecule is CC(=O)NCc1c(C)n(C)n(C)c1=O. The Balaban J connectivity index is 3.03. The van der Waals surface area contributed by atoms with Gasteiger partial charge in [0.15, 0.2) is 0 Å². The molecule has 5 heteroatoms. The van der Waals surface area contributed by atoms with Crippen molar-refractivity contribution in [3.63, 3.8) is 0 Å². The molecular formula is C9H15N3O2. The van der Waals surface area contributed by atoms with E-state index in [9.17, 15) is 9.59 Å². The van der Waals surface area contributed by atoms with Gasteiger partial charge in [-0.2, -0.15) is 0 Å². The molecule has 14 heavy (non-hydrogen) atoms. The number of amides is 1. The maximum absolute atomic E-state index is 11.6. The molecule has 0 fully saturated rings. The smallest absolute Gasteiger partial charge is 0.271 e. The van der Waals surface area contributed by atoms with Crippen LogP contribution >= 0.6 is 0 Å². The third-order valence-corrected chi connectivity index (χ3v) is 2.44. The predicted octanol–water partition coefficient (Wildman–Crippen LogP) is -0.332. The van der Waals surface area contributed by atoms with Crippen molar-refractivity contribution in [2.24, 2.45) is 14.1 Å². The van der Waals surface area contributed by atoms with Crippen molar-refractivity contribution in [2.75, 3.05) is 0 Å². The van der Waals surface area contributed by atoms with Crippen LogP contribution in [0.2, 0.25) is 0 Å². The molecule has 78 valence electrons. The van der Waals surface area contributed by atoms with E-state index in [1.165, 1.54) is 11.6 Å². The van der Waals surface area contributed by atoms with E-state index >= 15 is 0 Å². The first kappa shape index (κ1) is 10.6. The Hall–Kier alpha value is -1.52. The zero-order chi connectivity index (χ0) is 10.9. The van der Waals surface area contributed by atoms with Gasteiger partial charge in [-0.05, 0) is 6.92 Å². The molecule has 1 amide bonds. The van der Waals surface area contributed by atoms with Gasteiger partial charge in [0.05, 0.1) is 12.1 Å². The minimum atomic E-state index is -0.129. The summed E-state index contributed by atoms with van der Waals surface area (Å²) in [7, 11) is 3.51. The van der Waals surface area contributed by atoms with Crippen LogP contribution in [0.4, 0.5) is 0 Å². The predicted molar refractivity (Wildman–Crippen MR) is 52.9 cm³/mol. The second-order valence-electron chi connectivity index (χ2n) is 3.33. The summed E-state index contributed by atoms with van der Waals surface area (Å²) in [5.41, 5.74) is 1.47. The third kappa shape index (κ3) is 1.71. The molecule has 1 heterocycles. The normalized spacial score (nSPS) is 10.3. The number of aromatic nitrogens is 2. The van der Waals surface area contributed by atoms with Gasteiger partial charge in [-0.15, -0.1) is 0 Å². The number of rotatable bonds is 2. The largest absolute Gasteiger partial charge is 0.352 e. The van der Waals surface area contributed by atoms with Gasteiger partial charge in [-0.25, -0.2) is 0 Å². The zero-order valence-electron chi connectivity index (χ0n) is 8.92. The Bertz CT molecular complexity index is 414. The van der Waals surface area contributed by atoms with Gasteiger partial charge >= 0.3 is 0 Å². The summed E-state index contributed by atoms with van der Waals surface area (Å²) in [6.45, 7) is 3.59. The molecule has 0 bridgehead atoms. The molecular weight excluding hydrogens is 182 g/mol. The molecule has 1 aromatic rings. The summed E-state index contributed by atoms with van der Waals surface area (Å²) in [5, 5.41) is 2.62. The molecule has 0 saturated heterocycles. The van der Waals surface area contributed by atoms with E-state index in [-0.39, 0.29) is 11.5 Å². The average Bonchev–Trinajstić information content (AvgIpc) is 2.29. The summed E-state index contributed by atoms with van der Waals surface area (Å²) in [4.78, 5) is 22.3. The van der Waals surface area contributed by atoms with Crippen molar-refractivity contribution in [1.29, 1.82) is 0 Å². The number of nitrogens with zero attached hydrogens (tertiary/aromatic N) is 2. The van der Waals surface area contributed by atoms with Gasteiger partial charge in [-0.3, -0.25) is 19.0 Å². The Morgan fingerprint density at radius 2 is 1.93 bits per heavy atom. The fourth-order valence-electron chi connectivity index (χ4n) is 1.32. The van der Waals surface area contributed by atoms with E-state index in [1.807, 2.05) is 14.0 Å². The lowest BCUT2D eigenvalue weighted by molar-refractivity contribution is -0.119. The van der Waals surface area contributed by atoms with Crippen LogP contribution in [0.15, 0.2) is 4.79 Å². The van der Waals surface area contributed by atoms with Crippen LogP contribution in [-0.4, -0.2) is 15.3 Å². The molecule has 1 aromatic heterocycles. The zero-order valence-corrected chi connectivity index (χ0v) is 8.92. The quantitative estimate of drug-likeness (QED) is 0.705. The number of nitrogens with one attached hydrogen (secondary N) is 1. The monoisotopic (exact) mass is 197 g/mol. The molecule has 1 N–H and O–H groups in total. The number of hydrogen-bond donors (Lipinski definition) is 1. The molecule has 0 saturated carbocycles. The minimum Gasteiger partial charge on any atom is -0.352 e. The van der Waals surface area contributed by atoms with E-state index in [2.05, 4.69) is 5.32 Å². The minimum absolute atomic E-state index is 0.0567. The van der Waals surface area contributed by atoms with Crippen molar-refractivity contribution in [2.45, 2.75) is 20.4 Å². The topological polar surface area (TPSA) is 56.0 Å². The van der Waals surface area contributed by atoms with Crippen LogP contribution in [0.3, 0.4) is 0 Å². The highest BCUT2D eigenvalue weighted by Gasteiger charge is 2.11. The molecule has 0 aliphatic carbocycles. The van der Waals surface area contributed by atoms with Gasteiger partial charge in [0, 0.05) is 26.7 Å². The summed E-state index contributed by atoms with van der Waals surface area (Å²) in [6, 6.07) is 0. The fraction of sp³-hybridized carbons (Fsp3) is 0.556. The summed E-state index contributed by atoms with van der Waals surface area (Å²) in [5.74, 6) is -0.129. The van der Waals surface area contributed by atoms with Crippen molar-refractivity contribution in [3.8, 4) is 0 Å². The standard InChI is InChI=1S/C9H15N3O2/c1-6-8(5-10-7(2)13)9(14)12(4)11(6)3/h5H2,1-4H3,(H,10,13). The van der Waals surface area contributed by atoms with Gasteiger partial charge in [0.2, 0.25) is 5.91 Å². The number of carbonyl (C=O) groups is 1. The maximum atomic E-state index is 11.6. The second-order valence-corrected chi connectivity index (χ2v) is 3.33. The molecule has 0 aromatic carbocycles. The van der Waals surface area contributed by atoms with Crippen molar-refractivity contribution in [1.82, 2.24) is 14.7 Å². The lowest BCUT2D eigenvalue weighted by Gasteiger charge is -2.01. The molecule has 0 aliphatic heterocycles. The van der Waals surface area contributed by atoms with Crippen molar-refractivity contribution < 1.29 is 4.79 Å². The molecule has 5 nitrogen and oxygen atoms in total. The lowest BCUT2D eigenvalue weighted by atomic mass is 10.2. The van der Waals surface area contributed by atoms with Crippen LogP contribution in [0.5, 0.6) is 0 Å². The number of hydrogen-bond acceptors (Lipinski definition) is 2. The van der Waals surface area contributed by atoms with E-state index in [4.69, 9.17) is 0 Å². The molecule has 1 rings (SSSR count). The second kappa shape index (κ2) is 3.69. The highest BCUT2D eigenvalue weighted by molar-refractivity contribution is 5.72. The molecule has 0 radical (unpaired) electrons. The Kier molecular flexibility index (Phi) is 2.78. The third-order valence-electron chi connectivity index (χ3n) is 2.44. The maximum Gasteiger partial charge on any atom is 0.271 e. The van der Waals surface area contributed by atoms with Gasteiger partial charge in [-0.1, -0.05) is 0 Å². The highest BCUT2D eigenvalue weighted by Crippen LogP contribution is 2.01. The average molecular weight is 197 g/mol. The number of carbonyl (C=O) groups excluding carboxylic acids is 1. The van der Waals surface area contributed by atoms with E-state index in [1.54, 1.807) is 11.7 Å². The fourth-order valence-corrected chi connectivity index (χ4v) is 1.32. The summed E-state index contributed by atoms with van der Waals surface area (Å²) in [6.07, 6.45) is 0. The van der Waals surface area contributed by atoms with Gasteiger partial charge < -0.3 is 5.32 Å². The Morgan fingerprint density at radius 3 is 2.29 bits per heavy atom. The van der Waals surface area contributed by atoms with Crippen LogP contribution in [-0.2, 0) is 25.4 Å². The van der Waals surface area contributed by atoms with Crippen LogP contribution in [0.25, 0.3) is 0 Å². The van der Waals surface area contributed by atoms with E-state index < -0.39 is 0 Å². The van der Waals surface area contributed by atoms with Crippen molar-refractivity contribution >= 4 is 5.91 Å². The summed E-state index contributed by atoms with van der Waals surface area (Å²) >= 11 is 0. The van der Waals surface area contributed by atoms with Gasteiger partial charge in [0.1, 0.15) is 0 Å². The van der Waals surface area contributed by atoms with Crippen molar-refractivity contribution in [3.05, 3.63) is 21.6 Å². The first-order valence-electron chi connectivity index (χ1n) is 4.41. The molecule has 0 aliphatic rings. The first-order chi connectivity index (χ1) is 6.45. The van der Waals surface area contributed by atoms with Gasteiger partial charge in [0.25, 0.3) is 5.56 Å². The van der Waals surface area contributed by atoms with E-state index in [0.717, 1.165) is 5.69 Å². The Morgan fingerprint density at radius 1 is 1.36 bits per heavy atom. The molecule has 0 atom stereocenters. The molecule has 0 spiro atoms. The summed E-state index contributed by atoms with van der Waals surface area (Å²) < 4.78 is 3.28. The van der Waals surface area contributed by atoms with Crippen LogP contribution in [0.1, 0.15) is 18.2 Å².